The molecule has 2 fully saturated rings. The van der Waals surface area contributed by atoms with Gasteiger partial charge in [0.1, 0.15) is 12.0 Å². The second kappa shape index (κ2) is 11.3. The molecule has 224 valence electrons. The van der Waals surface area contributed by atoms with E-state index >= 15 is 0 Å². The number of amides is 4. The maximum atomic E-state index is 14.0. The summed E-state index contributed by atoms with van der Waals surface area (Å²) in [6.45, 7) is 2.34. The fourth-order valence-electron chi connectivity index (χ4n) is 7.01. The summed E-state index contributed by atoms with van der Waals surface area (Å²) in [6.07, 6.45) is 1.04. The van der Waals surface area contributed by atoms with Crippen LogP contribution in [0.3, 0.4) is 0 Å². The zero-order valence-electron chi connectivity index (χ0n) is 24.7. The maximum absolute atomic E-state index is 14.0. The normalized spacial score (nSPS) is 21.5. The van der Waals surface area contributed by atoms with Gasteiger partial charge in [0.15, 0.2) is 11.5 Å². The van der Waals surface area contributed by atoms with E-state index in [1.165, 1.54) is 14.1 Å². The topological polar surface area (TPSA) is 101 Å². The lowest BCUT2D eigenvalue weighted by molar-refractivity contribution is -0.159. The molecule has 0 N–H and O–H groups in total. The lowest BCUT2D eigenvalue weighted by atomic mass is 9.75. The molecule has 1 aromatic heterocycles. The third-order valence-corrected chi connectivity index (χ3v) is 9.02. The molecule has 0 aliphatic carbocycles. The van der Waals surface area contributed by atoms with Crippen LogP contribution in [-0.2, 0) is 29.2 Å². The quantitative estimate of drug-likeness (QED) is 0.375. The Kier molecular flexibility index (Phi) is 7.56. The fourth-order valence-corrected chi connectivity index (χ4v) is 7.01. The molecule has 2 bridgehead atoms. The zero-order valence-corrected chi connectivity index (χ0v) is 24.7. The molecular formula is C33H36N4O6. The van der Waals surface area contributed by atoms with Crippen molar-refractivity contribution in [2.45, 2.75) is 31.9 Å². The second-order valence-corrected chi connectivity index (χ2v) is 11.9. The van der Waals surface area contributed by atoms with Gasteiger partial charge < -0.3 is 18.9 Å². The Morgan fingerprint density at radius 2 is 1.56 bits per heavy atom. The van der Waals surface area contributed by atoms with Gasteiger partial charge in [0.2, 0.25) is 11.8 Å². The highest BCUT2D eigenvalue weighted by Gasteiger charge is 2.56. The van der Waals surface area contributed by atoms with Gasteiger partial charge in [0.05, 0.1) is 7.11 Å². The van der Waals surface area contributed by atoms with Gasteiger partial charge >= 0.3 is 6.03 Å². The number of hydrogen-bond donors (Lipinski definition) is 0. The zero-order chi connectivity index (χ0) is 30.3. The largest absolute Gasteiger partial charge is 0.493 e. The van der Waals surface area contributed by atoms with Crippen molar-refractivity contribution < 1.29 is 23.9 Å². The van der Waals surface area contributed by atoms with Crippen molar-refractivity contribution in [3.63, 3.8) is 0 Å². The summed E-state index contributed by atoms with van der Waals surface area (Å²) in [5.74, 6) is 0.335. The number of piperidine rings is 1. The van der Waals surface area contributed by atoms with Gasteiger partial charge in [-0.25, -0.2) is 4.79 Å². The van der Waals surface area contributed by atoms with E-state index in [9.17, 15) is 19.2 Å². The first kappa shape index (κ1) is 28.7. The molecule has 2 aromatic carbocycles. The predicted octanol–water partition coefficient (Wildman–Crippen LogP) is 3.13. The Hall–Kier alpha value is -4.44. The molecule has 3 aromatic rings. The molecule has 0 saturated carbocycles. The Labute approximate surface area is 250 Å². The Bertz CT molecular complexity index is 1600. The highest BCUT2D eigenvalue weighted by Crippen LogP contribution is 2.40. The molecule has 4 heterocycles. The lowest BCUT2D eigenvalue weighted by Gasteiger charge is -2.48. The summed E-state index contributed by atoms with van der Waals surface area (Å²) in [6, 6.07) is 19.9. The van der Waals surface area contributed by atoms with Gasteiger partial charge in [-0.3, -0.25) is 24.2 Å². The molecular weight excluding hydrogens is 548 g/mol. The number of aromatic nitrogens is 1. The molecule has 4 amide bonds. The molecule has 3 aliphatic heterocycles. The van der Waals surface area contributed by atoms with Crippen molar-refractivity contribution in [2.75, 3.05) is 40.8 Å². The van der Waals surface area contributed by atoms with E-state index in [0.717, 1.165) is 33.0 Å². The maximum Gasteiger partial charge on any atom is 0.332 e. The summed E-state index contributed by atoms with van der Waals surface area (Å²) in [4.78, 5) is 57.7. The number of ether oxygens (including phenoxy) is 2. The molecule has 2 saturated heterocycles. The first-order valence-corrected chi connectivity index (χ1v) is 14.6. The van der Waals surface area contributed by atoms with Crippen molar-refractivity contribution in [1.82, 2.24) is 19.3 Å². The van der Waals surface area contributed by atoms with E-state index in [4.69, 9.17) is 9.47 Å². The molecule has 0 unspecified atom stereocenters. The number of urea groups is 1. The number of imide groups is 2. The minimum absolute atomic E-state index is 0.00121. The molecule has 6 rings (SSSR count). The van der Waals surface area contributed by atoms with E-state index < -0.39 is 23.3 Å². The standard InChI is InChI=1S/C33H36N4O6/c1-34-30(39)33(31(40)35(2)32(34)41,21-36-17-24-14-25(19-36)26-10-7-11-29(38)37(26)18-24)16-23-12-13-27(42-3)28(15-23)43-20-22-8-5-4-6-9-22/h4-13,15,24-25H,14,16-21H2,1-3H3/t24-,25-/m0/s1. The van der Waals surface area contributed by atoms with E-state index in [0.29, 0.717) is 37.7 Å². The number of barbiturate groups is 1. The minimum atomic E-state index is -1.52. The van der Waals surface area contributed by atoms with Crippen LogP contribution in [0.5, 0.6) is 11.5 Å². The van der Waals surface area contributed by atoms with Crippen LogP contribution in [0.4, 0.5) is 4.79 Å². The van der Waals surface area contributed by atoms with Gasteiger partial charge in [-0.1, -0.05) is 42.5 Å². The van der Waals surface area contributed by atoms with E-state index in [2.05, 4.69) is 4.90 Å². The van der Waals surface area contributed by atoms with Crippen LogP contribution in [0.25, 0.3) is 0 Å². The van der Waals surface area contributed by atoms with Crippen LogP contribution >= 0.6 is 0 Å². The van der Waals surface area contributed by atoms with Crippen molar-refractivity contribution in [2.24, 2.45) is 11.3 Å². The van der Waals surface area contributed by atoms with Crippen LogP contribution in [-0.4, -0.2) is 78.0 Å². The molecule has 2 atom stereocenters. The van der Waals surface area contributed by atoms with Crippen molar-refractivity contribution in [3.8, 4) is 11.5 Å². The average molecular weight is 585 g/mol. The Balaban J connectivity index is 1.32. The highest BCUT2D eigenvalue weighted by atomic mass is 16.5. The van der Waals surface area contributed by atoms with E-state index in [1.54, 1.807) is 25.3 Å². The van der Waals surface area contributed by atoms with Crippen LogP contribution in [0.2, 0.25) is 0 Å². The first-order valence-electron chi connectivity index (χ1n) is 14.6. The second-order valence-electron chi connectivity index (χ2n) is 11.9. The highest BCUT2D eigenvalue weighted by molar-refractivity contribution is 6.19. The van der Waals surface area contributed by atoms with Crippen LogP contribution in [0.15, 0.2) is 71.5 Å². The molecule has 10 heteroatoms. The molecule has 10 nitrogen and oxygen atoms in total. The number of pyridine rings is 1. The summed E-state index contributed by atoms with van der Waals surface area (Å²) in [5.41, 5.74) is 1.18. The smallest absolute Gasteiger partial charge is 0.332 e. The van der Waals surface area contributed by atoms with E-state index in [-0.39, 0.29) is 30.4 Å². The number of carbonyl (C=O) groups excluding carboxylic acids is 3. The third-order valence-electron chi connectivity index (χ3n) is 9.02. The minimum Gasteiger partial charge on any atom is -0.493 e. The third kappa shape index (κ3) is 5.20. The fraction of sp³-hybridized carbons (Fsp3) is 0.394. The number of carbonyl (C=O) groups is 3. The Morgan fingerprint density at radius 1 is 0.814 bits per heavy atom. The number of methoxy groups -OCH3 is 1. The first-order chi connectivity index (χ1) is 20.7. The summed E-state index contributed by atoms with van der Waals surface area (Å²) < 4.78 is 13.5. The molecule has 0 spiro atoms. The SMILES string of the molecule is COc1ccc(CC2(CN3C[C@@H]4C[C@@H](C3)c3cccc(=O)n3C4)C(=O)N(C)C(=O)N(C)C2=O)cc1OCc1ccccc1. The molecule has 3 aliphatic rings. The van der Waals surface area contributed by atoms with Crippen LogP contribution in [0.1, 0.15) is 29.2 Å². The lowest BCUT2D eigenvalue weighted by Crippen LogP contribution is -2.67. The van der Waals surface area contributed by atoms with Crippen LogP contribution in [0, 0.1) is 11.3 Å². The average Bonchev–Trinajstić information content (AvgIpc) is 3.02. The predicted molar refractivity (Wildman–Crippen MR) is 159 cm³/mol. The number of likely N-dealkylation sites (tertiary alicyclic amines) is 1. The van der Waals surface area contributed by atoms with Gasteiger partial charge in [-0.15, -0.1) is 0 Å². The summed E-state index contributed by atoms with van der Waals surface area (Å²) in [5, 5.41) is 0. The number of benzene rings is 2. The van der Waals surface area contributed by atoms with Gasteiger partial charge in [-0.05, 0) is 48.1 Å². The number of fused-ring (bicyclic) bond motifs is 4. The van der Waals surface area contributed by atoms with Gasteiger partial charge in [0.25, 0.3) is 5.56 Å². The number of hydrogen-bond acceptors (Lipinski definition) is 7. The van der Waals surface area contributed by atoms with Crippen LogP contribution < -0.4 is 15.0 Å². The van der Waals surface area contributed by atoms with Crippen molar-refractivity contribution in [1.29, 1.82) is 0 Å². The van der Waals surface area contributed by atoms with Crippen molar-refractivity contribution >= 4 is 17.8 Å². The molecule has 43 heavy (non-hydrogen) atoms. The van der Waals surface area contributed by atoms with Crippen molar-refractivity contribution in [3.05, 3.63) is 93.9 Å². The van der Waals surface area contributed by atoms with E-state index in [1.807, 2.05) is 53.1 Å². The molecule has 0 radical (unpaired) electrons. The summed E-state index contributed by atoms with van der Waals surface area (Å²) in [7, 11) is 4.42. The number of rotatable bonds is 8. The number of nitrogens with zero attached hydrogens (tertiary/aromatic N) is 4. The van der Waals surface area contributed by atoms with Gasteiger partial charge in [0, 0.05) is 58.0 Å². The van der Waals surface area contributed by atoms with Gasteiger partial charge in [-0.2, -0.15) is 0 Å². The Morgan fingerprint density at radius 3 is 2.28 bits per heavy atom. The monoisotopic (exact) mass is 584 g/mol. The summed E-state index contributed by atoms with van der Waals surface area (Å²) >= 11 is 0.